The van der Waals surface area contributed by atoms with Crippen molar-refractivity contribution < 1.29 is 23.5 Å². The first-order valence-corrected chi connectivity index (χ1v) is 11.5. The van der Waals surface area contributed by atoms with Gasteiger partial charge in [-0.05, 0) is 59.0 Å². The SMILES string of the molecule is O=C1CC(N(CCN2CCOCC2)C(=O)c2ccccc2F)C(=O)N1c1ccc(I)cc1. The van der Waals surface area contributed by atoms with Crippen molar-refractivity contribution >= 4 is 46.0 Å². The molecule has 4 rings (SSSR count). The van der Waals surface area contributed by atoms with Gasteiger partial charge >= 0.3 is 0 Å². The lowest BCUT2D eigenvalue weighted by atomic mass is 10.1. The molecule has 3 amide bonds. The third kappa shape index (κ3) is 4.84. The Kier molecular flexibility index (Phi) is 7.17. The first kappa shape index (κ1) is 22.8. The molecule has 1 unspecified atom stereocenters. The second-order valence-electron chi connectivity index (χ2n) is 7.70. The lowest BCUT2D eigenvalue weighted by Crippen LogP contribution is -2.49. The van der Waals surface area contributed by atoms with Crippen molar-refractivity contribution in [2.75, 3.05) is 44.3 Å². The summed E-state index contributed by atoms with van der Waals surface area (Å²) in [5, 5.41) is 0. The quantitative estimate of drug-likeness (QED) is 0.408. The molecule has 32 heavy (non-hydrogen) atoms. The number of hydrogen-bond acceptors (Lipinski definition) is 5. The third-order valence-corrected chi connectivity index (χ3v) is 6.43. The average molecular weight is 551 g/mol. The summed E-state index contributed by atoms with van der Waals surface area (Å²) >= 11 is 2.14. The van der Waals surface area contributed by atoms with E-state index in [-0.39, 0.29) is 24.4 Å². The molecule has 2 saturated heterocycles. The Morgan fingerprint density at radius 3 is 2.47 bits per heavy atom. The maximum Gasteiger partial charge on any atom is 0.257 e. The summed E-state index contributed by atoms with van der Waals surface area (Å²) in [5.41, 5.74) is 0.358. The summed E-state index contributed by atoms with van der Waals surface area (Å²) in [6.07, 6.45) is -0.131. The smallest absolute Gasteiger partial charge is 0.257 e. The van der Waals surface area contributed by atoms with Gasteiger partial charge < -0.3 is 9.64 Å². The predicted octanol–water partition coefficient (Wildman–Crippen LogP) is 2.54. The van der Waals surface area contributed by atoms with E-state index in [4.69, 9.17) is 4.74 Å². The Balaban J connectivity index is 1.60. The first-order chi connectivity index (χ1) is 15.5. The zero-order chi connectivity index (χ0) is 22.7. The van der Waals surface area contributed by atoms with Gasteiger partial charge in [-0.2, -0.15) is 0 Å². The van der Waals surface area contributed by atoms with Gasteiger partial charge in [-0.3, -0.25) is 19.3 Å². The van der Waals surface area contributed by atoms with Crippen LogP contribution in [0.3, 0.4) is 0 Å². The molecule has 2 aromatic carbocycles. The molecule has 7 nitrogen and oxygen atoms in total. The fourth-order valence-corrected chi connectivity index (χ4v) is 4.34. The summed E-state index contributed by atoms with van der Waals surface area (Å²) in [4.78, 5) is 44.0. The minimum atomic E-state index is -0.977. The minimum absolute atomic E-state index is 0.109. The number of carbonyl (C=O) groups excluding carboxylic acids is 3. The maximum atomic E-state index is 14.4. The third-order valence-electron chi connectivity index (χ3n) is 5.71. The summed E-state index contributed by atoms with van der Waals surface area (Å²) in [6.45, 7) is 3.34. The van der Waals surface area contributed by atoms with E-state index in [1.165, 1.54) is 23.1 Å². The van der Waals surface area contributed by atoms with Crippen molar-refractivity contribution in [2.45, 2.75) is 12.5 Å². The molecule has 2 fully saturated rings. The van der Waals surface area contributed by atoms with Crippen LogP contribution in [-0.4, -0.2) is 73.0 Å². The number of nitrogens with zero attached hydrogens (tertiary/aromatic N) is 3. The van der Waals surface area contributed by atoms with Gasteiger partial charge in [0.15, 0.2) is 0 Å². The minimum Gasteiger partial charge on any atom is -0.379 e. The summed E-state index contributed by atoms with van der Waals surface area (Å²) in [7, 11) is 0. The number of ether oxygens (including phenoxy) is 1. The Bertz CT molecular complexity index is 1010. The van der Waals surface area contributed by atoms with Crippen LogP contribution in [0.4, 0.5) is 10.1 Å². The molecule has 0 N–H and O–H groups in total. The molecule has 9 heteroatoms. The van der Waals surface area contributed by atoms with Gasteiger partial charge in [0.2, 0.25) is 5.91 Å². The van der Waals surface area contributed by atoms with E-state index in [2.05, 4.69) is 27.5 Å². The topological polar surface area (TPSA) is 70.2 Å². The van der Waals surface area contributed by atoms with Crippen LogP contribution in [-0.2, 0) is 14.3 Å². The zero-order valence-corrected chi connectivity index (χ0v) is 19.5. The standard InChI is InChI=1S/C23H23FIN3O4/c24-19-4-2-1-3-18(19)22(30)27(10-9-26-11-13-32-14-12-26)20-15-21(29)28(23(20)31)17-7-5-16(25)6-8-17/h1-8,20H,9-15H2. The number of rotatable bonds is 6. The molecule has 0 aliphatic carbocycles. The van der Waals surface area contributed by atoms with Gasteiger partial charge in [0, 0.05) is 29.7 Å². The van der Waals surface area contributed by atoms with Crippen LogP contribution < -0.4 is 4.90 Å². The molecule has 0 saturated carbocycles. The number of carbonyl (C=O) groups is 3. The maximum absolute atomic E-state index is 14.4. The largest absolute Gasteiger partial charge is 0.379 e. The Morgan fingerprint density at radius 2 is 1.78 bits per heavy atom. The number of benzene rings is 2. The van der Waals surface area contributed by atoms with Crippen LogP contribution >= 0.6 is 22.6 Å². The lowest BCUT2D eigenvalue weighted by Gasteiger charge is -2.32. The van der Waals surface area contributed by atoms with Crippen molar-refractivity contribution in [3.8, 4) is 0 Å². The van der Waals surface area contributed by atoms with Gasteiger partial charge in [-0.15, -0.1) is 0 Å². The highest BCUT2D eigenvalue weighted by atomic mass is 127. The molecule has 0 spiro atoms. The van der Waals surface area contributed by atoms with E-state index >= 15 is 0 Å². The fraction of sp³-hybridized carbons (Fsp3) is 0.348. The number of amides is 3. The van der Waals surface area contributed by atoms with E-state index in [1.54, 1.807) is 18.2 Å². The second-order valence-corrected chi connectivity index (χ2v) is 8.94. The van der Waals surface area contributed by atoms with Gasteiger partial charge in [0.05, 0.1) is 30.9 Å². The van der Waals surface area contributed by atoms with Gasteiger partial charge in [-0.25, -0.2) is 9.29 Å². The molecule has 2 aliphatic rings. The van der Waals surface area contributed by atoms with Gasteiger partial charge in [-0.1, -0.05) is 12.1 Å². The highest BCUT2D eigenvalue weighted by Crippen LogP contribution is 2.27. The summed E-state index contributed by atoms with van der Waals surface area (Å²) < 4.78 is 20.7. The highest BCUT2D eigenvalue weighted by Gasteiger charge is 2.44. The number of hydrogen-bond donors (Lipinski definition) is 0. The van der Waals surface area contributed by atoms with Crippen LogP contribution in [0.25, 0.3) is 0 Å². The molecule has 2 aromatic rings. The van der Waals surface area contributed by atoms with Crippen LogP contribution in [0.1, 0.15) is 16.8 Å². The van der Waals surface area contributed by atoms with E-state index in [0.717, 1.165) is 8.47 Å². The number of imide groups is 1. The summed E-state index contributed by atoms with van der Waals surface area (Å²) in [5.74, 6) is -2.09. The van der Waals surface area contributed by atoms with E-state index < -0.39 is 23.7 Å². The number of halogens is 2. The van der Waals surface area contributed by atoms with Gasteiger partial charge in [0.1, 0.15) is 11.9 Å². The molecule has 2 aliphatic heterocycles. The van der Waals surface area contributed by atoms with Crippen LogP contribution in [0.15, 0.2) is 48.5 Å². The van der Waals surface area contributed by atoms with E-state index in [9.17, 15) is 18.8 Å². The van der Waals surface area contributed by atoms with Crippen LogP contribution in [0.2, 0.25) is 0 Å². The van der Waals surface area contributed by atoms with Crippen LogP contribution in [0.5, 0.6) is 0 Å². The lowest BCUT2D eigenvalue weighted by molar-refractivity contribution is -0.122. The molecular formula is C23H23FIN3O4. The summed E-state index contributed by atoms with van der Waals surface area (Å²) in [6, 6.07) is 11.8. The molecule has 2 heterocycles. The van der Waals surface area contributed by atoms with Crippen molar-refractivity contribution in [3.63, 3.8) is 0 Å². The Labute approximate surface area is 199 Å². The molecular weight excluding hydrogens is 528 g/mol. The molecule has 1 atom stereocenters. The van der Waals surface area contributed by atoms with Gasteiger partial charge in [0.25, 0.3) is 11.8 Å². The number of morpholine rings is 1. The molecule has 0 bridgehead atoms. The normalized spacial score (nSPS) is 19.4. The monoisotopic (exact) mass is 551 g/mol. The van der Waals surface area contributed by atoms with Crippen molar-refractivity contribution in [2.24, 2.45) is 0 Å². The highest BCUT2D eigenvalue weighted by molar-refractivity contribution is 14.1. The predicted molar refractivity (Wildman–Crippen MR) is 125 cm³/mol. The van der Waals surface area contributed by atoms with Crippen LogP contribution in [0, 0.1) is 9.39 Å². The van der Waals surface area contributed by atoms with E-state index in [1.807, 2.05) is 12.1 Å². The fourth-order valence-electron chi connectivity index (χ4n) is 3.98. The molecule has 0 aromatic heterocycles. The van der Waals surface area contributed by atoms with Crippen molar-refractivity contribution in [3.05, 3.63) is 63.5 Å². The Morgan fingerprint density at radius 1 is 1.09 bits per heavy atom. The van der Waals surface area contributed by atoms with E-state index in [0.29, 0.717) is 38.5 Å². The van der Waals surface area contributed by atoms with Crippen molar-refractivity contribution in [1.29, 1.82) is 0 Å². The molecule has 168 valence electrons. The Hall–Kier alpha value is -2.37. The second kappa shape index (κ2) is 10.1. The van der Waals surface area contributed by atoms with Crippen molar-refractivity contribution in [1.82, 2.24) is 9.80 Å². The molecule has 0 radical (unpaired) electrons. The zero-order valence-electron chi connectivity index (χ0n) is 17.4. The average Bonchev–Trinajstić information content (AvgIpc) is 3.09. The first-order valence-electron chi connectivity index (χ1n) is 10.4. The number of anilines is 1.